The molecule has 0 aliphatic carbocycles. The first-order chi connectivity index (χ1) is 12.2. The maximum atomic E-state index is 6.19. The van der Waals surface area contributed by atoms with Crippen LogP contribution in [0.4, 0.5) is 0 Å². The van der Waals surface area contributed by atoms with Crippen molar-refractivity contribution in [1.82, 2.24) is 10.3 Å². The van der Waals surface area contributed by atoms with E-state index >= 15 is 0 Å². The van der Waals surface area contributed by atoms with E-state index in [1.165, 1.54) is 0 Å². The van der Waals surface area contributed by atoms with E-state index in [9.17, 15) is 0 Å². The number of benzene rings is 2. The highest BCUT2D eigenvalue weighted by molar-refractivity contribution is 6.31. The van der Waals surface area contributed by atoms with Gasteiger partial charge in [0.1, 0.15) is 12.4 Å². The molecular formula is C20H19Cl3N2O. The van der Waals surface area contributed by atoms with Crippen molar-refractivity contribution >= 4 is 35.6 Å². The maximum Gasteiger partial charge on any atom is 0.124 e. The molecule has 1 aromatic heterocycles. The predicted octanol–water partition coefficient (Wildman–Crippen LogP) is 5.68. The van der Waals surface area contributed by atoms with Crippen molar-refractivity contribution in [2.45, 2.75) is 19.7 Å². The summed E-state index contributed by atoms with van der Waals surface area (Å²) in [4.78, 5) is 4.30. The van der Waals surface area contributed by atoms with Gasteiger partial charge in [-0.2, -0.15) is 0 Å². The summed E-state index contributed by atoms with van der Waals surface area (Å²) in [5.74, 6) is 0.790. The van der Waals surface area contributed by atoms with Crippen molar-refractivity contribution in [3.63, 3.8) is 0 Å². The van der Waals surface area contributed by atoms with Gasteiger partial charge >= 0.3 is 0 Å². The summed E-state index contributed by atoms with van der Waals surface area (Å²) in [7, 11) is 0. The van der Waals surface area contributed by atoms with Crippen LogP contribution < -0.4 is 10.1 Å². The second kappa shape index (κ2) is 10.4. The molecule has 3 rings (SSSR count). The van der Waals surface area contributed by atoms with Gasteiger partial charge in [-0.15, -0.1) is 12.4 Å². The zero-order valence-electron chi connectivity index (χ0n) is 14.0. The standard InChI is InChI=1S/C20H18Cl2N2O.ClH/c21-17-8-9-20(25-14-15-5-1-2-7-19(15)22)16(11-17)12-23-13-18-6-3-4-10-24-18;/h1-11,23H,12-14H2;1H. The first-order valence-electron chi connectivity index (χ1n) is 7.97. The monoisotopic (exact) mass is 408 g/mol. The Kier molecular flexibility index (Phi) is 8.20. The Morgan fingerprint density at radius 3 is 2.46 bits per heavy atom. The summed E-state index contributed by atoms with van der Waals surface area (Å²) in [6.45, 7) is 1.72. The van der Waals surface area contributed by atoms with Gasteiger partial charge in [-0.05, 0) is 36.4 Å². The summed E-state index contributed by atoms with van der Waals surface area (Å²) in [6, 6.07) is 19.2. The number of hydrogen-bond donors (Lipinski definition) is 1. The molecule has 0 atom stereocenters. The van der Waals surface area contributed by atoms with Crippen LogP contribution in [-0.4, -0.2) is 4.98 Å². The lowest BCUT2D eigenvalue weighted by Crippen LogP contribution is -2.14. The first-order valence-corrected chi connectivity index (χ1v) is 8.73. The molecule has 1 heterocycles. The molecule has 0 fully saturated rings. The Balaban J connectivity index is 0.00000243. The normalized spacial score (nSPS) is 10.2. The van der Waals surface area contributed by atoms with Crippen LogP contribution in [0.15, 0.2) is 66.9 Å². The average molecular weight is 410 g/mol. The molecule has 0 aliphatic rings. The second-order valence-electron chi connectivity index (χ2n) is 5.56. The van der Waals surface area contributed by atoms with Gasteiger partial charge in [-0.25, -0.2) is 0 Å². The molecule has 0 spiro atoms. The van der Waals surface area contributed by atoms with Crippen LogP contribution in [0.2, 0.25) is 10.0 Å². The molecular weight excluding hydrogens is 391 g/mol. The summed E-state index contributed by atoms with van der Waals surface area (Å²) in [5, 5.41) is 4.75. The van der Waals surface area contributed by atoms with Crippen molar-refractivity contribution in [2.24, 2.45) is 0 Å². The van der Waals surface area contributed by atoms with Crippen molar-refractivity contribution in [3.05, 3.63) is 93.7 Å². The Morgan fingerprint density at radius 2 is 1.69 bits per heavy atom. The van der Waals surface area contributed by atoms with Gasteiger partial charge in [0, 0.05) is 40.5 Å². The number of hydrogen-bond acceptors (Lipinski definition) is 3. The van der Waals surface area contributed by atoms with Crippen LogP contribution in [0.3, 0.4) is 0 Å². The molecule has 136 valence electrons. The van der Waals surface area contributed by atoms with E-state index in [1.807, 2.05) is 60.7 Å². The predicted molar refractivity (Wildman–Crippen MR) is 109 cm³/mol. The van der Waals surface area contributed by atoms with Gasteiger partial charge in [-0.1, -0.05) is 47.5 Å². The molecule has 1 N–H and O–H groups in total. The van der Waals surface area contributed by atoms with E-state index < -0.39 is 0 Å². The zero-order valence-corrected chi connectivity index (χ0v) is 16.3. The zero-order chi connectivity index (χ0) is 17.5. The Bertz CT molecular complexity index is 828. The van der Waals surface area contributed by atoms with Gasteiger partial charge < -0.3 is 10.1 Å². The minimum absolute atomic E-state index is 0. The third-order valence-electron chi connectivity index (χ3n) is 3.71. The van der Waals surface area contributed by atoms with Crippen molar-refractivity contribution in [2.75, 3.05) is 0 Å². The highest BCUT2D eigenvalue weighted by Crippen LogP contribution is 2.25. The summed E-state index contributed by atoms with van der Waals surface area (Å²) in [5.41, 5.74) is 2.94. The molecule has 0 saturated carbocycles. The Hall–Kier alpha value is -1.78. The van der Waals surface area contributed by atoms with Gasteiger partial charge in [0.15, 0.2) is 0 Å². The number of ether oxygens (including phenoxy) is 1. The fourth-order valence-corrected chi connectivity index (χ4v) is 2.81. The van der Waals surface area contributed by atoms with E-state index in [1.54, 1.807) is 6.20 Å². The number of halogens is 3. The molecule has 0 saturated heterocycles. The largest absolute Gasteiger partial charge is 0.489 e. The number of pyridine rings is 1. The fourth-order valence-electron chi connectivity index (χ4n) is 2.43. The van der Waals surface area contributed by atoms with Crippen LogP contribution >= 0.6 is 35.6 Å². The molecule has 0 radical (unpaired) electrons. The van der Waals surface area contributed by atoms with E-state index in [2.05, 4.69) is 10.3 Å². The average Bonchev–Trinajstić information content (AvgIpc) is 2.63. The minimum Gasteiger partial charge on any atom is -0.489 e. The van der Waals surface area contributed by atoms with Crippen LogP contribution in [0.5, 0.6) is 5.75 Å². The Labute approximate surface area is 169 Å². The van der Waals surface area contributed by atoms with E-state index in [4.69, 9.17) is 27.9 Å². The van der Waals surface area contributed by atoms with Gasteiger partial charge in [0.25, 0.3) is 0 Å². The number of nitrogens with one attached hydrogen (secondary N) is 1. The number of aromatic nitrogens is 1. The number of rotatable bonds is 7. The Morgan fingerprint density at radius 1 is 0.885 bits per heavy atom. The van der Waals surface area contributed by atoms with Crippen LogP contribution in [0.1, 0.15) is 16.8 Å². The minimum atomic E-state index is 0. The molecule has 2 aromatic carbocycles. The van der Waals surface area contributed by atoms with Crippen LogP contribution in [0, 0.1) is 0 Å². The maximum absolute atomic E-state index is 6.19. The molecule has 0 aliphatic heterocycles. The van der Waals surface area contributed by atoms with Gasteiger partial charge in [0.05, 0.1) is 5.69 Å². The molecule has 0 amide bonds. The van der Waals surface area contributed by atoms with E-state index in [0.717, 1.165) is 22.6 Å². The molecule has 0 bridgehead atoms. The molecule has 0 unspecified atom stereocenters. The van der Waals surface area contributed by atoms with Gasteiger partial charge in [0.2, 0.25) is 0 Å². The lowest BCUT2D eigenvalue weighted by molar-refractivity contribution is 0.302. The highest BCUT2D eigenvalue weighted by Gasteiger charge is 2.07. The fraction of sp³-hybridized carbons (Fsp3) is 0.150. The quantitative estimate of drug-likeness (QED) is 0.545. The topological polar surface area (TPSA) is 34.1 Å². The SMILES string of the molecule is Cl.Clc1ccc(OCc2ccccc2Cl)c(CNCc2ccccn2)c1. The third kappa shape index (κ3) is 5.89. The summed E-state index contributed by atoms with van der Waals surface area (Å²) < 4.78 is 5.96. The number of nitrogens with zero attached hydrogens (tertiary/aromatic N) is 1. The molecule has 3 aromatic rings. The molecule has 26 heavy (non-hydrogen) atoms. The van der Waals surface area contributed by atoms with E-state index in [-0.39, 0.29) is 12.4 Å². The van der Waals surface area contributed by atoms with Crippen molar-refractivity contribution < 1.29 is 4.74 Å². The van der Waals surface area contributed by atoms with Crippen LogP contribution in [-0.2, 0) is 19.7 Å². The lowest BCUT2D eigenvalue weighted by Gasteiger charge is -2.13. The van der Waals surface area contributed by atoms with Crippen molar-refractivity contribution in [1.29, 1.82) is 0 Å². The second-order valence-corrected chi connectivity index (χ2v) is 6.40. The third-order valence-corrected chi connectivity index (χ3v) is 4.32. The molecule has 6 heteroatoms. The van der Waals surface area contributed by atoms with Crippen LogP contribution in [0.25, 0.3) is 0 Å². The lowest BCUT2D eigenvalue weighted by atomic mass is 10.2. The smallest absolute Gasteiger partial charge is 0.124 e. The highest BCUT2D eigenvalue weighted by atomic mass is 35.5. The molecule has 3 nitrogen and oxygen atoms in total. The summed E-state index contributed by atoms with van der Waals surface area (Å²) >= 11 is 12.3. The first kappa shape index (κ1) is 20.5. The van der Waals surface area contributed by atoms with Crippen molar-refractivity contribution in [3.8, 4) is 5.75 Å². The van der Waals surface area contributed by atoms with Gasteiger partial charge in [-0.3, -0.25) is 4.98 Å². The summed E-state index contributed by atoms with van der Waals surface area (Å²) in [6.07, 6.45) is 1.79. The van der Waals surface area contributed by atoms with E-state index in [0.29, 0.717) is 29.7 Å².